The third-order valence-electron chi connectivity index (χ3n) is 6.33. The first-order valence-corrected chi connectivity index (χ1v) is 14.2. The molecule has 0 saturated carbocycles. The summed E-state index contributed by atoms with van der Waals surface area (Å²) in [6.45, 7) is 0.592. The Kier molecular flexibility index (Phi) is 6.42. The summed E-state index contributed by atoms with van der Waals surface area (Å²) in [6, 6.07) is 11.5. The highest BCUT2D eigenvalue weighted by atomic mass is 32.2. The molecule has 2 aromatic carbocycles. The summed E-state index contributed by atoms with van der Waals surface area (Å²) in [5.41, 5.74) is 2.90. The van der Waals surface area contributed by atoms with E-state index in [1.54, 1.807) is 18.2 Å². The van der Waals surface area contributed by atoms with Crippen LogP contribution in [0, 0.1) is 5.92 Å². The summed E-state index contributed by atoms with van der Waals surface area (Å²) < 4.78 is 50.8. The number of nitrogens with zero attached hydrogens (tertiary/aromatic N) is 1. The first-order chi connectivity index (χ1) is 15.1. The van der Waals surface area contributed by atoms with Gasteiger partial charge in [-0.2, -0.15) is 4.31 Å². The summed E-state index contributed by atoms with van der Waals surface area (Å²) in [6.07, 6.45) is 6.19. The van der Waals surface area contributed by atoms with Gasteiger partial charge in [-0.15, -0.1) is 0 Å². The van der Waals surface area contributed by atoms with Gasteiger partial charge in [0, 0.05) is 31.0 Å². The van der Waals surface area contributed by atoms with E-state index in [1.165, 1.54) is 22.0 Å². The molecule has 0 radical (unpaired) electrons. The number of carbonyl (C=O) groups is 1. The average molecular weight is 477 g/mol. The molecule has 1 amide bonds. The number of anilines is 1. The summed E-state index contributed by atoms with van der Waals surface area (Å²) >= 11 is 0. The number of rotatable bonds is 5. The summed E-state index contributed by atoms with van der Waals surface area (Å²) in [5.74, 6) is -0.470. The molecule has 2 aliphatic rings. The molecule has 7 nitrogen and oxygen atoms in total. The Morgan fingerprint density at radius 1 is 0.875 bits per heavy atom. The number of hydrogen-bond acceptors (Lipinski definition) is 5. The van der Waals surface area contributed by atoms with Crippen LogP contribution in [0.4, 0.5) is 5.69 Å². The molecule has 1 aliphatic heterocycles. The minimum atomic E-state index is -3.58. The SMILES string of the molecule is CS(=O)(=O)c1ccc(NC(=O)C2CCN(S(=O)(=O)c3ccc4c(c3)CCCC4)CC2)cc1. The lowest BCUT2D eigenvalue weighted by Crippen LogP contribution is -2.41. The van der Waals surface area contributed by atoms with Crippen molar-refractivity contribution in [2.75, 3.05) is 24.7 Å². The van der Waals surface area contributed by atoms with Crippen molar-refractivity contribution in [3.05, 3.63) is 53.6 Å². The van der Waals surface area contributed by atoms with Crippen LogP contribution in [-0.4, -0.2) is 46.4 Å². The Bertz CT molecular complexity index is 1210. The van der Waals surface area contributed by atoms with Crippen molar-refractivity contribution in [2.24, 2.45) is 5.92 Å². The lowest BCUT2D eigenvalue weighted by molar-refractivity contribution is -0.120. The minimum absolute atomic E-state index is 0.178. The van der Waals surface area contributed by atoms with Crippen LogP contribution in [-0.2, 0) is 37.5 Å². The van der Waals surface area contributed by atoms with Crippen molar-refractivity contribution in [3.63, 3.8) is 0 Å². The van der Waals surface area contributed by atoms with Crippen molar-refractivity contribution < 1.29 is 21.6 Å². The second kappa shape index (κ2) is 8.96. The first kappa shape index (κ1) is 22.9. The lowest BCUT2D eigenvalue weighted by atomic mass is 9.92. The Labute approximate surface area is 189 Å². The van der Waals surface area contributed by atoms with Crippen molar-refractivity contribution >= 4 is 31.5 Å². The smallest absolute Gasteiger partial charge is 0.243 e. The van der Waals surface area contributed by atoms with E-state index < -0.39 is 19.9 Å². The Balaban J connectivity index is 1.37. The van der Waals surface area contributed by atoms with Crippen LogP contribution in [0.1, 0.15) is 36.8 Å². The van der Waals surface area contributed by atoms with Crippen molar-refractivity contribution in [2.45, 2.75) is 48.3 Å². The van der Waals surface area contributed by atoms with Crippen molar-refractivity contribution in [3.8, 4) is 0 Å². The van der Waals surface area contributed by atoms with E-state index in [1.807, 2.05) is 12.1 Å². The lowest BCUT2D eigenvalue weighted by Gasteiger charge is -2.31. The maximum absolute atomic E-state index is 13.1. The van der Waals surface area contributed by atoms with Gasteiger partial charge in [0.25, 0.3) is 0 Å². The van der Waals surface area contributed by atoms with Gasteiger partial charge in [-0.1, -0.05) is 6.07 Å². The number of sulfonamides is 1. The van der Waals surface area contributed by atoms with Gasteiger partial charge in [0.1, 0.15) is 0 Å². The van der Waals surface area contributed by atoms with Crippen LogP contribution in [0.25, 0.3) is 0 Å². The van der Waals surface area contributed by atoms with E-state index in [9.17, 15) is 21.6 Å². The van der Waals surface area contributed by atoms with Crippen molar-refractivity contribution in [1.82, 2.24) is 4.31 Å². The Hall–Kier alpha value is -2.23. The van der Waals surface area contributed by atoms with E-state index >= 15 is 0 Å². The number of piperidine rings is 1. The van der Waals surface area contributed by atoms with E-state index in [0.717, 1.165) is 37.5 Å². The number of hydrogen-bond donors (Lipinski definition) is 1. The van der Waals surface area contributed by atoms with E-state index in [4.69, 9.17) is 0 Å². The molecule has 4 rings (SSSR count). The normalized spacial score (nSPS) is 18.2. The standard InChI is InChI=1S/C23H28N2O5S2/c1-31(27,28)21-10-7-20(8-11-21)24-23(26)18-12-14-25(15-13-18)32(29,30)22-9-6-17-4-2-3-5-19(17)16-22/h6-11,16,18H,2-5,12-15H2,1H3,(H,24,26). The zero-order chi connectivity index (χ0) is 22.9. The third kappa shape index (κ3) is 4.89. The van der Waals surface area contributed by atoms with Crippen LogP contribution < -0.4 is 5.32 Å². The number of fused-ring (bicyclic) bond motifs is 1. The van der Waals surface area contributed by atoms with Gasteiger partial charge in [0.2, 0.25) is 15.9 Å². The van der Waals surface area contributed by atoms with Gasteiger partial charge in [-0.25, -0.2) is 16.8 Å². The molecular weight excluding hydrogens is 448 g/mol. The quantitative estimate of drug-likeness (QED) is 0.715. The Morgan fingerprint density at radius 2 is 1.47 bits per heavy atom. The minimum Gasteiger partial charge on any atom is -0.326 e. The molecule has 9 heteroatoms. The predicted molar refractivity (Wildman–Crippen MR) is 123 cm³/mol. The second-order valence-electron chi connectivity index (χ2n) is 8.60. The van der Waals surface area contributed by atoms with Gasteiger partial charge < -0.3 is 5.32 Å². The highest BCUT2D eigenvalue weighted by Crippen LogP contribution is 2.28. The molecule has 0 spiro atoms. The second-order valence-corrected chi connectivity index (χ2v) is 12.6. The van der Waals surface area contributed by atoms with Crippen LogP contribution in [0.3, 0.4) is 0 Å². The largest absolute Gasteiger partial charge is 0.326 e. The molecule has 0 bridgehead atoms. The fourth-order valence-corrected chi connectivity index (χ4v) is 6.56. The molecule has 0 aromatic heterocycles. The number of benzene rings is 2. The van der Waals surface area contributed by atoms with Crippen LogP contribution in [0.5, 0.6) is 0 Å². The monoisotopic (exact) mass is 476 g/mol. The van der Waals surface area contributed by atoms with Gasteiger partial charge in [-0.05, 0) is 86.1 Å². The predicted octanol–water partition coefficient (Wildman–Crippen LogP) is 3.01. The summed E-state index contributed by atoms with van der Waals surface area (Å²) in [5, 5.41) is 2.81. The molecule has 1 saturated heterocycles. The van der Waals surface area contributed by atoms with E-state index in [-0.39, 0.29) is 16.7 Å². The molecular formula is C23H28N2O5S2. The summed E-state index contributed by atoms with van der Waals surface area (Å²) in [4.78, 5) is 13.2. The van der Waals surface area contributed by atoms with Crippen LogP contribution >= 0.6 is 0 Å². The Morgan fingerprint density at radius 3 is 2.09 bits per heavy atom. The highest BCUT2D eigenvalue weighted by Gasteiger charge is 2.32. The molecule has 1 heterocycles. The van der Waals surface area contributed by atoms with Crippen molar-refractivity contribution in [1.29, 1.82) is 0 Å². The average Bonchev–Trinajstić information content (AvgIpc) is 2.78. The topological polar surface area (TPSA) is 101 Å². The molecule has 0 unspecified atom stereocenters. The number of carbonyl (C=O) groups excluding carboxylic acids is 1. The fourth-order valence-electron chi connectivity index (χ4n) is 4.41. The number of aryl methyl sites for hydroxylation is 2. The molecule has 1 fully saturated rings. The maximum Gasteiger partial charge on any atom is 0.243 e. The third-order valence-corrected chi connectivity index (χ3v) is 9.36. The fraction of sp³-hybridized carbons (Fsp3) is 0.435. The van der Waals surface area contributed by atoms with Gasteiger partial charge >= 0.3 is 0 Å². The number of nitrogens with one attached hydrogen (secondary N) is 1. The number of amides is 1. The van der Waals surface area contributed by atoms with Gasteiger partial charge in [-0.3, -0.25) is 4.79 Å². The molecule has 1 N–H and O–H groups in total. The van der Waals surface area contributed by atoms with Crippen LogP contribution in [0.15, 0.2) is 52.3 Å². The zero-order valence-corrected chi connectivity index (χ0v) is 19.7. The highest BCUT2D eigenvalue weighted by molar-refractivity contribution is 7.90. The summed E-state index contributed by atoms with van der Waals surface area (Å²) in [7, 11) is -6.87. The zero-order valence-electron chi connectivity index (χ0n) is 18.1. The van der Waals surface area contributed by atoms with Crippen LogP contribution in [0.2, 0.25) is 0 Å². The number of sulfone groups is 1. The van der Waals surface area contributed by atoms with E-state index in [0.29, 0.717) is 36.5 Å². The first-order valence-electron chi connectivity index (χ1n) is 10.9. The molecule has 0 atom stereocenters. The maximum atomic E-state index is 13.1. The molecule has 32 heavy (non-hydrogen) atoms. The molecule has 2 aromatic rings. The molecule has 172 valence electrons. The van der Waals surface area contributed by atoms with Gasteiger partial charge in [0.05, 0.1) is 9.79 Å². The van der Waals surface area contributed by atoms with E-state index in [2.05, 4.69) is 5.32 Å². The molecule has 1 aliphatic carbocycles. The van der Waals surface area contributed by atoms with Gasteiger partial charge in [0.15, 0.2) is 9.84 Å².